The highest BCUT2D eigenvalue weighted by Crippen LogP contribution is 2.14. The van der Waals surface area contributed by atoms with Gasteiger partial charge in [-0.25, -0.2) is 4.68 Å². The van der Waals surface area contributed by atoms with Crippen molar-refractivity contribution in [1.29, 1.82) is 0 Å². The van der Waals surface area contributed by atoms with E-state index in [0.717, 1.165) is 43.7 Å². The quantitative estimate of drug-likeness (QED) is 0.755. The van der Waals surface area contributed by atoms with Crippen LogP contribution in [0.5, 0.6) is 0 Å². The SMILES string of the molecule is CCN(CC)CCCC(C)NC(=O)c1ccc(-n2cnnn2)c(C)c1. The van der Waals surface area contributed by atoms with Crippen molar-refractivity contribution in [3.8, 4) is 5.69 Å². The van der Waals surface area contributed by atoms with Gasteiger partial charge in [-0.05, 0) is 80.5 Å². The Labute approximate surface area is 149 Å². The maximum Gasteiger partial charge on any atom is 0.251 e. The number of nitrogens with one attached hydrogen (secondary N) is 1. The highest BCUT2D eigenvalue weighted by Gasteiger charge is 2.12. The normalized spacial score (nSPS) is 12.4. The standard InChI is InChI=1S/C18H28N6O/c1-5-23(6-2)11-7-8-15(4)20-18(25)16-9-10-17(14(3)12-16)24-13-19-21-22-24/h9-10,12-13,15H,5-8,11H2,1-4H3,(H,20,25). The van der Waals surface area contributed by atoms with Gasteiger partial charge in [0, 0.05) is 11.6 Å². The van der Waals surface area contributed by atoms with Crippen molar-refractivity contribution in [3.63, 3.8) is 0 Å². The molecule has 0 aliphatic rings. The van der Waals surface area contributed by atoms with Crippen molar-refractivity contribution in [2.75, 3.05) is 19.6 Å². The Balaban J connectivity index is 1.89. The fourth-order valence-electron chi connectivity index (χ4n) is 2.87. The molecule has 0 saturated heterocycles. The average molecular weight is 344 g/mol. The van der Waals surface area contributed by atoms with E-state index in [0.29, 0.717) is 5.56 Å². The van der Waals surface area contributed by atoms with Gasteiger partial charge in [-0.3, -0.25) is 4.79 Å². The topological polar surface area (TPSA) is 75.9 Å². The highest BCUT2D eigenvalue weighted by atomic mass is 16.1. The molecule has 1 heterocycles. The van der Waals surface area contributed by atoms with Gasteiger partial charge in [0.25, 0.3) is 5.91 Å². The molecule has 1 amide bonds. The van der Waals surface area contributed by atoms with E-state index >= 15 is 0 Å². The number of rotatable bonds is 9. The number of benzene rings is 1. The molecule has 7 nitrogen and oxygen atoms in total. The first-order valence-electron chi connectivity index (χ1n) is 8.92. The van der Waals surface area contributed by atoms with Gasteiger partial charge in [0.2, 0.25) is 0 Å². The number of aromatic nitrogens is 4. The number of carbonyl (C=O) groups excluding carboxylic acids is 1. The summed E-state index contributed by atoms with van der Waals surface area (Å²) < 4.78 is 1.59. The van der Waals surface area contributed by atoms with Gasteiger partial charge < -0.3 is 10.2 Å². The van der Waals surface area contributed by atoms with E-state index in [4.69, 9.17) is 0 Å². The van der Waals surface area contributed by atoms with Gasteiger partial charge in [-0.15, -0.1) is 5.10 Å². The molecule has 7 heteroatoms. The minimum atomic E-state index is -0.0401. The molecule has 0 saturated carbocycles. The molecule has 2 aromatic rings. The van der Waals surface area contributed by atoms with Crippen LogP contribution in [0, 0.1) is 6.92 Å². The van der Waals surface area contributed by atoms with Crippen molar-refractivity contribution in [3.05, 3.63) is 35.7 Å². The molecule has 1 atom stereocenters. The summed E-state index contributed by atoms with van der Waals surface area (Å²) in [5.74, 6) is -0.0401. The van der Waals surface area contributed by atoms with Crippen LogP contribution in [0.4, 0.5) is 0 Å². The first kappa shape index (κ1) is 19.1. The molecule has 1 unspecified atom stereocenters. The average Bonchev–Trinajstić information content (AvgIpc) is 3.13. The molecule has 1 aromatic heterocycles. The smallest absolute Gasteiger partial charge is 0.251 e. The van der Waals surface area contributed by atoms with E-state index in [1.807, 2.05) is 25.1 Å². The molecule has 1 N–H and O–H groups in total. The Morgan fingerprint density at radius 3 is 2.68 bits per heavy atom. The number of hydrogen-bond donors (Lipinski definition) is 1. The molecule has 0 aliphatic heterocycles. The van der Waals surface area contributed by atoms with Gasteiger partial charge in [0.1, 0.15) is 6.33 Å². The van der Waals surface area contributed by atoms with Crippen LogP contribution in [0.1, 0.15) is 49.5 Å². The van der Waals surface area contributed by atoms with Crippen molar-refractivity contribution in [2.45, 2.75) is 46.6 Å². The number of tetrazole rings is 1. The van der Waals surface area contributed by atoms with E-state index < -0.39 is 0 Å². The maximum absolute atomic E-state index is 12.4. The Kier molecular flexibility index (Phi) is 7.06. The molecular weight excluding hydrogens is 316 g/mol. The van der Waals surface area contributed by atoms with E-state index in [1.165, 1.54) is 0 Å². The second-order valence-electron chi connectivity index (χ2n) is 6.30. The number of hydrogen-bond acceptors (Lipinski definition) is 5. The molecule has 0 fully saturated rings. The van der Waals surface area contributed by atoms with Crippen LogP contribution in [0.3, 0.4) is 0 Å². The summed E-state index contributed by atoms with van der Waals surface area (Å²) in [6.45, 7) is 11.6. The minimum Gasteiger partial charge on any atom is -0.350 e. The fourth-order valence-corrected chi connectivity index (χ4v) is 2.87. The van der Waals surface area contributed by atoms with Gasteiger partial charge in [0.15, 0.2) is 0 Å². The van der Waals surface area contributed by atoms with E-state index in [9.17, 15) is 4.79 Å². The molecule has 0 spiro atoms. The highest BCUT2D eigenvalue weighted by molar-refractivity contribution is 5.94. The number of nitrogens with zero attached hydrogens (tertiary/aromatic N) is 5. The third kappa shape index (κ3) is 5.35. The van der Waals surface area contributed by atoms with Gasteiger partial charge in [-0.2, -0.15) is 0 Å². The van der Waals surface area contributed by atoms with Gasteiger partial charge in [-0.1, -0.05) is 13.8 Å². The van der Waals surface area contributed by atoms with Crippen LogP contribution in [0.15, 0.2) is 24.5 Å². The Bertz CT molecular complexity index is 666. The minimum absolute atomic E-state index is 0.0401. The number of aryl methyl sites for hydroxylation is 1. The van der Waals surface area contributed by atoms with Crippen LogP contribution in [0.25, 0.3) is 5.69 Å². The lowest BCUT2D eigenvalue weighted by Crippen LogP contribution is -2.33. The monoisotopic (exact) mass is 344 g/mol. The Hall–Kier alpha value is -2.28. The molecule has 1 aromatic carbocycles. The lowest BCUT2D eigenvalue weighted by Gasteiger charge is -2.20. The summed E-state index contributed by atoms with van der Waals surface area (Å²) in [6.07, 6.45) is 3.60. The van der Waals surface area contributed by atoms with Crippen LogP contribution in [-0.2, 0) is 0 Å². The summed E-state index contributed by atoms with van der Waals surface area (Å²) in [6, 6.07) is 5.70. The van der Waals surface area contributed by atoms with Crippen LogP contribution < -0.4 is 5.32 Å². The first-order valence-corrected chi connectivity index (χ1v) is 8.92. The van der Waals surface area contributed by atoms with Crippen molar-refractivity contribution in [1.82, 2.24) is 30.4 Å². The van der Waals surface area contributed by atoms with Crippen LogP contribution in [0.2, 0.25) is 0 Å². The zero-order valence-electron chi connectivity index (χ0n) is 15.6. The Morgan fingerprint density at radius 1 is 1.32 bits per heavy atom. The molecule has 0 bridgehead atoms. The fraction of sp³-hybridized carbons (Fsp3) is 0.556. The predicted molar refractivity (Wildman–Crippen MR) is 97.8 cm³/mol. The number of amides is 1. The molecule has 2 rings (SSSR count). The van der Waals surface area contributed by atoms with E-state index in [-0.39, 0.29) is 11.9 Å². The third-order valence-corrected chi connectivity index (χ3v) is 4.44. The van der Waals surface area contributed by atoms with Gasteiger partial charge >= 0.3 is 0 Å². The Morgan fingerprint density at radius 2 is 2.08 bits per heavy atom. The lowest BCUT2D eigenvalue weighted by molar-refractivity contribution is 0.0937. The lowest BCUT2D eigenvalue weighted by atomic mass is 10.1. The van der Waals surface area contributed by atoms with Crippen molar-refractivity contribution >= 4 is 5.91 Å². The van der Waals surface area contributed by atoms with Crippen molar-refractivity contribution in [2.24, 2.45) is 0 Å². The summed E-state index contributed by atoms with van der Waals surface area (Å²) >= 11 is 0. The second kappa shape index (κ2) is 9.27. The summed E-state index contributed by atoms with van der Waals surface area (Å²) in [5, 5.41) is 14.2. The molecule has 0 aliphatic carbocycles. The largest absolute Gasteiger partial charge is 0.350 e. The molecule has 0 radical (unpaired) electrons. The summed E-state index contributed by atoms with van der Waals surface area (Å²) in [4.78, 5) is 14.8. The first-order chi connectivity index (χ1) is 12.0. The zero-order valence-corrected chi connectivity index (χ0v) is 15.6. The molecule has 25 heavy (non-hydrogen) atoms. The second-order valence-corrected chi connectivity index (χ2v) is 6.30. The number of carbonyl (C=O) groups is 1. The molecular formula is C18H28N6O. The third-order valence-electron chi connectivity index (χ3n) is 4.44. The molecule has 136 valence electrons. The maximum atomic E-state index is 12.4. The van der Waals surface area contributed by atoms with Crippen LogP contribution >= 0.6 is 0 Å². The zero-order chi connectivity index (χ0) is 18.2. The van der Waals surface area contributed by atoms with Crippen LogP contribution in [-0.4, -0.2) is 56.7 Å². The van der Waals surface area contributed by atoms with Gasteiger partial charge in [0.05, 0.1) is 5.69 Å². The van der Waals surface area contributed by atoms with E-state index in [1.54, 1.807) is 11.0 Å². The van der Waals surface area contributed by atoms with E-state index in [2.05, 4.69) is 46.5 Å². The summed E-state index contributed by atoms with van der Waals surface area (Å²) in [5.41, 5.74) is 2.48. The predicted octanol–water partition coefficient (Wildman–Crippen LogP) is 2.21. The van der Waals surface area contributed by atoms with Crippen molar-refractivity contribution < 1.29 is 4.79 Å². The summed E-state index contributed by atoms with van der Waals surface area (Å²) in [7, 11) is 0.